The normalized spacial score (nSPS) is 19.6. The van der Waals surface area contributed by atoms with Crippen LogP contribution in [0.4, 0.5) is 0 Å². The van der Waals surface area contributed by atoms with E-state index >= 15 is 0 Å². The van der Waals surface area contributed by atoms with E-state index in [1.807, 2.05) is 11.0 Å². The molecule has 0 spiro atoms. The number of nitrogens with zero attached hydrogens (tertiary/aromatic N) is 2. The van der Waals surface area contributed by atoms with Crippen molar-refractivity contribution >= 4 is 12.2 Å². The van der Waals surface area contributed by atoms with Crippen LogP contribution in [0.2, 0.25) is 0 Å². The highest BCUT2D eigenvalue weighted by molar-refractivity contribution is 5.80. The van der Waals surface area contributed by atoms with E-state index in [-0.39, 0.29) is 13.3 Å². The van der Waals surface area contributed by atoms with Gasteiger partial charge in [-0.05, 0) is 31.3 Å². The smallest absolute Gasteiger partial charge is 0.226 e. The van der Waals surface area contributed by atoms with Gasteiger partial charge in [0.15, 0.2) is 0 Å². The molecule has 2 heterocycles. The fourth-order valence-corrected chi connectivity index (χ4v) is 2.80. The molecule has 0 aromatic heterocycles. The van der Waals surface area contributed by atoms with Gasteiger partial charge in [-0.3, -0.25) is 15.0 Å². The van der Waals surface area contributed by atoms with Crippen LogP contribution in [0.5, 0.6) is 0 Å². The van der Waals surface area contributed by atoms with Gasteiger partial charge < -0.3 is 4.90 Å². The maximum Gasteiger partial charge on any atom is 0.226 e. The van der Waals surface area contributed by atoms with Crippen molar-refractivity contribution in [2.75, 3.05) is 32.7 Å². The van der Waals surface area contributed by atoms with Crippen molar-refractivity contribution in [3.8, 4) is 0 Å². The maximum atomic E-state index is 12.4. The lowest BCUT2D eigenvalue weighted by atomic mass is 9.95. The molecule has 2 aliphatic heterocycles. The summed E-state index contributed by atoms with van der Waals surface area (Å²) in [5.41, 5.74) is 4.21. The number of carbonyl (C=O) groups excluding carboxylic acids is 2. The third-order valence-corrected chi connectivity index (χ3v) is 4.14. The van der Waals surface area contributed by atoms with Gasteiger partial charge >= 0.3 is 0 Å². The molecule has 5 heteroatoms. The average molecular weight is 325 g/mol. The minimum Gasteiger partial charge on any atom is -0.338 e. The topological polar surface area (TPSA) is 52.7 Å². The highest BCUT2D eigenvalue weighted by atomic mass is 16.2. The van der Waals surface area contributed by atoms with Crippen LogP contribution in [0.15, 0.2) is 11.6 Å². The van der Waals surface area contributed by atoms with Crippen molar-refractivity contribution in [2.24, 2.45) is 5.92 Å². The first kappa shape index (κ1) is 19.8. The Balaban J connectivity index is 0.00000123. The molecule has 0 bridgehead atoms. The standard InChI is InChI=1S/C15H25N3O2.C3H8.H2/c1-2-7-16-18-10-5-14(6-11-18)15(20)17-8-3-13(12-19)4-9-17;1-3-2;/h3,12,14,16H,2,4-11H2,1H3;3H2,1-2H3;1H. The van der Waals surface area contributed by atoms with Crippen LogP contribution in [-0.4, -0.2) is 54.8 Å². The van der Waals surface area contributed by atoms with E-state index in [0.29, 0.717) is 19.5 Å². The van der Waals surface area contributed by atoms with E-state index in [0.717, 1.165) is 50.8 Å². The van der Waals surface area contributed by atoms with Crippen molar-refractivity contribution in [3.05, 3.63) is 11.6 Å². The van der Waals surface area contributed by atoms with Crippen molar-refractivity contribution in [1.82, 2.24) is 15.3 Å². The highest BCUT2D eigenvalue weighted by Crippen LogP contribution is 2.20. The summed E-state index contributed by atoms with van der Waals surface area (Å²) in [5, 5.41) is 2.23. The van der Waals surface area contributed by atoms with Gasteiger partial charge in [-0.15, -0.1) is 0 Å². The van der Waals surface area contributed by atoms with E-state index in [1.54, 1.807) is 0 Å². The maximum absolute atomic E-state index is 12.4. The summed E-state index contributed by atoms with van der Waals surface area (Å²) in [6, 6.07) is 0. The molecule has 23 heavy (non-hydrogen) atoms. The van der Waals surface area contributed by atoms with E-state index in [1.165, 1.54) is 6.42 Å². The molecule has 1 fully saturated rings. The fourth-order valence-electron chi connectivity index (χ4n) is 2.80. The minimum absolute atomic E-state index is 0. The second-order valence-electron chi connectivity index (χ2n) is 6.31. The molecule has 134 valence electrons. The number of rotatable bonds is 5. The second kappa shape index (κ2) is 11.4. The Labute approximate surface area is 142 Å². The SMILES string of the molecule is CCC.CCCNN1CCC(C(=O)N2CC=C(C=O)CC2)CC1.[HH]. The zero-order valence-electron chi connectivity index (χ0n) is 15.0. The van der Waals surface area contributed by atoms with E-state index in [2.05, 4.69) is 31.2 Å². The van der Waals surface area contributed by atoms with Gasteiger partial charge in [0.05, 0.1) is 0 Å². The van der Waals surface area contributed by atoms with Gasteiger partial charge in [-0.1, -0.05) is 33.3 Å². The number of hydrogen-bond donors (Lipinski definition) is 1. The molecule has 5 nitrogen and oxygen atoms in total. The number of carbonyl (C=O) groups is 2. The number of hydrogen-bond acceptors (Lipinski definition) is 4. The fraction of sp³-hybridized carbons (Fsp3) is 0.778. The molecule has 0 aromatic carbocycles. The van der Waals surface area contributed by atoms with Gasteiger partial charge in [0.25, 0.3) is 0 Å². The molecular weight excluding hydrogens is 290 g/mol. The molecule has 0 unspecified atom stereocenters. The van der Waals surface area contributed by atoms with Gasteiger partial charge in [-0.25, -0.2) is 5.01 Å². The zero-order chi connectivity index (χ0) is 17.1. The van der Waals surface area contributed by atoms with Crippen molar-refractivity contribution in [1.29, 1.82) is 0 Å². The van der Waals surface area contributed by atoms with Crippen molar-refractivity contribution in [3.63, 3.8) is 0 Å². The van der Waals surface area contributed by atoms with Crippen LogP contribution in [0.25, 0.3) is 0 Å². The lowest BCUT2D eigenvalue weighted by Crippen LogP contribution is -2.48. The minimum atomic E-state index is 0. The van der Waals surface area contributed by atoms with Gasteiger partial charge in [0, 0.05) is 40.1 Å². The molecule has 1 N–H and O–H groups in total. The Bertz CT molecular complexity index is 394. The first-order chi connectivity index (χ1) is 11.2. The number of aldehydes is 1. The molecule has 0 aliphatic carbocycles. The summed E-state index contributed by atoms with van der Waals surface area (Å²) < 4.78 is 0. The third kappa shape index (κ3) is 6.83. The Kier molecular flexibility index (Phi) is 9.80. The molecule has 0 atom stereocenters. The highest BCUT2D eigenvalue weighted by Gasteiger charge is 2.28. The molecule has 2 rings (SSSR count). The first-order valence-electron chi connectivity index (χ1n) is 9.07. The number of amides is 1. The largest absolute Gasteiger partial charge is 0.338 e. The summed E-state index contributed by atoms with van der Waals surface area (Å²) in [6.07, 6.45) is 7.71. The molecule has 1 saturated heterocycles. The van der Waals surface area contributed by atoms with Gasteiger partial charge in [-0.2, -0.15) is 0 Å². The zero-order valence-corrected chi connectivity index (χ0v) is 15.0. The third-order valence-electron chi connectivity index (χ3n) is 4.14. The Morgan fingerprint density at radius 3 is 2.43 bits per heavy atom. The van der Waals surface area contributed by atoms with Crippen molar-refractivity contribution < 1.29 is 11.0 Å². The second-order valence-corrected chi connectivity index (χ2v) is 6.31. The lowest BCUT2D eigenvalue weighted by molar-refractivity contribution is -0.137. The summed E-state index contributed by atoms with van der Waals surface area (Å²) >= 11 is 0. The van der Waals surface area contributed by atoms with Crippen LogP contribution >= 0.6 is 0 Å². The van der Waals surface area contributed by atoms with Crippen LogP contribution in [0, 0.1) is 5.92 Å². The van der Waals surface area contributed by atoms with Crippen LogP contribution in [0.1, 0.15) is 54.3 Å². The number of nitrogens with one attached hydrogen (secondary N) is 1. The summed E-state index contributed by atoms with van der Waals surface area (Å²) in [6.45, 7) is 10.6. The Morgan fingerprint density at radius 1 is 1.30 bits per heavy atom. The van der Waals surface area contributed by atoms with Gasteiger partial charge in [0.1, 0.15) is 6.29 Å². The van der Waals surface area contributed by atoms with Crippen LogP contribution in [-0.2, 0) is 9.59 Å². The van der Waals surface area contributed by atoms with E-state index in [9.17, 15) is 9.59 Å². The number of hydrazine groups is 1. The first-order valence-corrected chi connectivity index (χ1v) is 9.07. The average Bonchev–Trinajstić information content (AvgIpc) is 2.60. The Hall–Kier alpha value is -1.20. The van der Waals surface area contributed by atoms with Gasteiger partial charge in [0.2, 0.25) is 5.91 Å². The van der Waals surface area contributed by atoms with Crippen LogP contribution < -0.4 is 5.43 Å². The van der Waals surface area contributed by atoms with E-state index < -0.39 is 0 Å². The quantitative estimate of drug-likeness (QED) is 0.790. The summed E-state index contributed by atoms with van der Waals surface area (Å²) in [4.78, 5) is 25.0. The molecule has 0 radical (unpaired) electrons. The van der Waals surface area contributed by atoms with Crippen LogP contribution in [0.3, 0.4) is 0 Å². The monoisotopic (exact) mass is 325 g/mol. The molecular formula is C18H35N3O2. The number of piperidine rings is 1. The van der Waals surface area contributed by atoms with E-state index in [4.69, 9.17) is 0 Å². The molecule has 2 aliphatic rings. The summed E-state index contributed by atoms with van der Waals surface area (Å²) in [5.74, 6) is 0.419. The lowest BCUT2D eigenvalue weighted by Gasteiger charge is -2.35. The molecule has 0 saturated carbocycles. The predicted molar refractivity (Wildman–Crippen MR) is 96.0 cm³/mol. The molecule has 1 amide bonds. The Morgan fingerprint density at radius 2 is 1.96 bits per heavy atom. The summed E-state index contributed by atoms with van der Waals surface area (Å²) in [7, 11) is 0. The van der Waals surface area contributed by atoms with Crippen molar-refractivity contribution in [2.45, 2.75) is 52.9 Å². The molecule has 0 aromatic rings. The predicted octanol–water partition coefficient (Wildman–Crippen LogP) is 2.63.